The van der Waals surface area contributed by atoms with Gasteiger partial charge in [0.05, 0.1) is 21.0 Å². The lowest BCUT2D eigenvalue weighted by Crippen LogP contribution is -2.17. The molecule has 0 fully saturated rings. The second kappa shape index (κ2) is 12.8. The average molecular weight is 541 g/mol. The molecule has 0 atom stereocenters. The minimum atomic E-state index is -0.110. The Hall–Kier alpha value is -3.60. The lowest BCUT2D eigenvalue weighted by molar-refractivity contribution is -0.113. The molecule has 1 amide bonds. The number of hydrogen-bond donors (Lipinski definition) is 2. The van der Waals surface area contributed by atoms with Crippen molar-refractivity contribution in [2.45, 2.75) is 46.5 Å². The number of para-hydroxylation sites is 2. The molecule has 2 N–H and O–H groups in total. The van der Waals surface area contributed by atoms with Gasteiger partial charge in [-0.1, -0.05) is 81.9 Å². The van der Waals surface area contributed by atoms with Gasteiger partial charge in [0.2, 0.25) is 5.91 Å². The lowest BCUT2D eigenvalue weighted by Gasteiger charge is -2.16. The van der Waals surface area contributed by atoms with Crippen molar-refractivity contribution in [1.29, 1.82) is 5.26 Å². The minimum absolute atomic E-state index is 0.110. The van der Waals surface area contributed by atoms with Crippen LogP contribution in [0.5, 0.6) is 0 Å². The summed E-state index contributed by atoms with van der Waals surface area (Å²) in [6.07, 6.45) is 1.68. The third-order valence-electron chi connectivity index (χ3n) is 6.29. The highest BCUT2D eigenvalue weighted by molar-refractivity contribution is 8.04. The Balaban J connectivity index is 1.64. The van der Waals surface area contributed by atoms with Crippen LogP contribution in [-0.4, -0.2) is 16.6 Å². The quantitative estimate of drug-likeness (QED) is 0.198. The van der Waals surface area contributed by atoms with E-state index in [1.165, 1.54) is 28.7 Å². The Labute approximate surface area is 233 Å². The molecule has 194 valence electrons. The molecule has 0 saturated heterocycles. The molecule has 0 aliphatic heterocycles. The minimum Gasteiger partial charge on any atom is -0.349 e. The summed E-state index contributed by atoms with van der Waals surface area (Å²) in [5.41, 5.74) is 6.52. The number of nitrogens with one attached hydrogen (secondary N) is 2. The van der Waals surface area contributed by atoms with E-state index in [1.807, 2.05) is 42.5 Å². The summed E-state index contributed by atoms with van der Waals surface area (Å²) < 4.78 is 1.02. The molecule has 0 radical (unpaired) electrons. The number of nitrogens with zero attached hydrogens (tertiary/aromatic N) is 2. The number of thioether (sulfide) groups is 1. The van der Waals surface area contributed by atoms with Gasteiger partial charge in [0.25, 0.3) is 0 Å². The summed E-state index contributed by atoms with van der Waals surface area (Å²) in [4.78, 5) is 17.8. The summed E-state index contributed by atoms with van der Waals surface area (Å²) in [5, 5.41) is 18.0. The highest BCUT2D eigenvalue weighted by atomic mass is 32.2. The van der Waals surface area contributed by atoms with Crippen LogP contribution in [0.2, 0.25) is 0 Å². The van der Waals surface area contributed by atoms with Crippen LogP contribution in [-0.2, 0) is 17.6 Å². The Morgan fingerprint density at radius 1 is 0.974 bits per heavy atom. The van der Waals surface area contributed by atoms with Gasteiger partial charge in [-0.15, -0.1) is 11.3 Å². The molecule has 3 aromatic carbocycles. The van der Waals surface area contributed by atoms with Gasteiger partial charge >= 0.3 is 0 Å². The summed E-state index contributed by atoms with van der Waals surface area (Å²) in [6.45, 7) is 8.49. The van der Waals surface area contributed by atoms with Gasteiger partial charge in [-0.3, -0.25) is 4.79 Å². The van der Waals surface area contributed by atoms with Gasteiger partial charge in [-0.25, -0.2) is 4.98 Å². The lowest BCUT2D eigenvalue weighted by atomic mass is 10.0. The number of fused-ring (bicyclic) bond motifs is 1. The van der Waals surface area contributed by atoms with E-state index >= 15 is 0 Å². The topological polar surface area (TPSA) is 77.8 Å². The van der Waals surface area contributed by atoms with Crippen molar-refractivity contribution in [2.75, 3.05) is 16.4 Å². The van der Waals surface area contributed by atoms with E-state index in [0.29, 0.717) is 21.5 Å². The van der Waals surface area contributed by atoms with Crippen LogP contribution in [0.1, 0.15) is 55.3 Å². The number of carbonyl (C=O) groups is 1. The molecule has 38 heavy (non-hydrogen) atoms. The predicted octanol–water partition coefficient (Wildman–Crippen LogP) is 8.22. The van der Waals surface area contributed by atoms with E-state index in [-0.39, 0.29) is 11.7 Å². The number of anilines is 2. The van der Waals surface area contributed by atoms with Gasteiger partial charge in [-0.2, -0.15) is 5.26 Å². The first-order valence-electron chi connectivity index (χ1n) is 12.8. The molecule has 0 spiro atoms. The van der Waals surface area contributed by atoms with E-state index in [0.717, 1.165) is 45.6 Å². The summed E-state index contributed by atoms with van der Waals surface area (Å²) >= 11 is 2.80. The first kappa shape index (κ1) is 27.4. The zero-order valence-electron chi connectivity index (χ0n) is 22.2. The molecule has 4 aromatic rings. The van der Waals surface area contributed by atoms with Gasteiger partial charge in [0.15, 0.2) is 0 Å². The molecule has 1 aromatic heterocycles. The molecule has 0 unspecified atom stereocenters. The van der Waals surface area contributed by atoms with Crippen LogP contribution >= 0.6 is 23.1 Å². The molecule has 4 rings (SSSR count). The largest absolute Gasteiger partial charge is 0.349 e. The van der Waals surface area contributed by atoms with E-state index in [9.17, 15) is 10.1 Å². The van der Waals surface area contributed by atoms with Crippen LogP contribution in [0.4, 0.5) is 11.4 Å². The summed E-state index contributed by atoms with van der Waals surface area (Å²) in [6, 6.07) is 24.5. The summed E-state index contributed by atoms with van der Waals surface area (Å²) in [7, 11) is 0. The van der Waals surface area contributed by atoms with Crippen molar-refractivity contribution in [3.8, 4) is 6.07 Å². The maximum absolute atomic E-state index is 13.1. The van der Waals surface area contributed by atoms with Gasteiger partial charge < -0.3 is 10.6 Å². The number of aryl methyl sites for hydroxylation is 2. The van der Waals surface area contributed by atoms with Crippen molar-refractivity contribution < 1.29 is 4.79 Å². The molecule has 0 aliphatic carbocycles. The SMILES string of the molecule is CCc1cccc(CC)c1NC(=O)CS/C(Nc1ccc(C(C)C)cc1)=C(/C#N)c1nc2ccccc2s1. The maximum atomic E-state index is 13.1. The fourth-order valence-electron chi connectivity index (χ4n) is 4.14. The molecule has 0 bridgehead atoms. The third-order valence-corrected chi connectivity index (χ3v) is 8.35. The van der Waals surface area contributed by atoms with Crippen LogP contribution in [0.15, 0.2) is 71.8 Å². The highest BCUT2D eigenvalue weighted by Gasteiger charge is 2.18. The molecule has 1 heterocycles. The predicted molar refractivity (Wildman–Crippen MR) is 163 cm³/mol. The number of nitriles is 1. The van der Waals surface area contributed by atoms with Crippen molar-refractivity contribution in [1.82, 2.24) is 4.98 Å². The Morgan fingerprint density at radius 2 is 1.66 bits per heavy atom. The highest BCUT2D eigenvalue weighted by Crippen LogP contribution is 2.33. The van der Waals surface area contributed by atoms with Crippen molar-refractivity contribution in [3.63, 3.8) is 0 Å². The monoisotopic (exact) mass is 540 g/mol. The second-order valence-corrected chi connectivity index (χ2v) is 11.2. The maximum Gasteiger partial charge on any atom is 0.234 e. The number of carbonyl (C=O) groups excluding carboxylic acids is 1. The average Bonchev–Trinajstić information content (AvgIpc) is 3.36. The summed E-state index contributed by atoms with van der Waals surface area (Å²) in [5.74, 6) is 0.471. The molecular weight excluding hydrogens is 509 g/mol. The van der Waals surface area contributed by atoms with Gasteiger partial charge in [0.1, 0.15) is 16.6 Å². The van der Waals surface area contributed by atoms with Gasteiger partial charge in [0, 0.05) is 11.4 Å². The third kappa shape index (κ3) is 6.45. The van der Waals surface area contributed by atoms with Crippen molar-refractivity contribution in [2.24, 2.45) is 0 Å². The Kier molecular flexibility index (Phi) is 9.22. The van der Waals surface area contributed by atoms with Crippen LogP contribution in [0, 0.1) is 11.3 Å². The van der Waals surface area contributed by atoms with E-state index in [4.69, 9.17) is 4.98 Å². The molecule has 7 heteroatoms. The smallest absolute Gasteiger partial charge is 0.234 e. The van der Waals surface area contributed by atoms with Crippen LogP contribution in [0.3, 0.4) is 0 Å². The fourth-order valence-corrected chi connectivity index (χ4v) is 6.00. The number of allylic oxidation sites excluding steroid dienone is 1. The Bertz CT molecular complexity index is 1440. The Morgan fingerprint density at radius 3 is 2.26 bits per heavy atom. The molecule has 5 nitrogen and oxygen atoms in total. The normalized spacial score (nSPS) is 11.8. The number of amides is 1. The first-order valence-corrected chi connectivity index (χ1v) is 14.6. The first-order chi connectivity index (χ1) is 18.4. The van der Waals surface area contributed by atoms with E-state index in [2.05, 4.69) is 68.7 Å². The number of aromatic nitrogens is 1. The zero-order valence-corrected chi connectivity index (χ0v) is 23.8. The second-order valence-electron chi connectivity index (χ2n) is 9.20. The number of benzene rings is 3. The number of hydrogen-bond acceptors (Lipinski definition) is 6. The van der Waals surface area contributed by atoms with Crippen LogP contribution < -0.4 is 10.6 Å². The van der Waals surface area contributed by atoms with Gasteiger partial charge in [-0.05, 0) is 59.7 Å². The number of rotatable bonds is 10. The molecular formula is C31H32N4OS2. The van der Waals surface area contributed by atoms with Crippen LogP contribution in [0.25, 0.3) is 15.8 Å². The standard InChI is InChI=1S/C31H32N4OS2/c1-5-21-10-9-11-22(6-2)29(21)35-28(36)19-37-30(33-24-16-14-23(15-17-24)20(3)4)25(18-32)31-34-26-12-7-8-13-27(26)38-31/h7-17,20,33H,5-6,19H2,1-4H3,(H,35,36)/b30-25-. The van der Waals surface area contributed by atoms with Crippen molar-refractivity contribution in [3.05, 3.63) is 93.5 Å². The molecule has 0 aliphatic rings. The van der Waals surface area contributed by atoms with Crippen molar-refractivity contribution >= 4 is 56.2 Å². The van der Waals surface area contributed by atoms with E-state index in [1.54, 1.807) is 0 Å². The van der Waals surface area contributed by atoms with E-state index < -0.39 is 0 Å². The molecule has 0 saturated carbocycles. The fraction of sp³-hybridized carbons (Fsp3) is 0.258. The zero-order chi connectivity index (χ0) is 27.1. The number of thiazole rings is 1.